The number of likely N-dealkylation sites (tertiary alicyclic amines) is 1. The van der Waals surface area contributed by atoms with E-state index in [1.165, 1.54) is 0 Å². The van der Waals surface area contributed by atoms with Crippen LogP contribution in [0.4, 0.5) is 10.5 Å². The number of nitrogens with two attached hydrogens (primary N) is 1. The van der Waals surface area contributed by atoms with Gasteiger partial charge in [-0.25, -0.2) is 4.79 Å². The van der Waals surface area contributed by atoms with Crippen molar-refractivity contribution < 1.29 is 9.59 Å². The Hall–Kier alpha value is -2.82. The largest absolute Gasteiger partial charge is 0.366 e. The van der Waals surface area contributed by atoms with Crippen LogP contribution in [-0.4, -0.2) is 23.4 Å². The first kappa shape index (κ1) is 16.1. The molecule has 3 N–H and O–H groups in total. The summed E-state index contributed by atoms with van der Waals surface area (Å²) < 4.78 is 0. The van der Waals surface area contributed by atoms with Gasteiger partial charge in [0.25, 0.3) is 0 Å². The van der Waals surface area contributed by atoms with E-state index in [9.17, 15) is 9.59 Å². The Kier molecular flexibility index (Phi) is 4.01. The molecule has 2 aromatic rings. The van der Waals surface area contributed by atoms with Crippen LogP contribution in [0.15, 0.2) is 54.6 Å². The van der Waals surface area contributed by atoms with Crippen LogP contribution in [0.2, 0.25) is 0 Å². The molecule has 1 aliphatic rings. The molecule has 1 unspecified atom stereocenters. The Morgan fingerprint density at radius 2 is 1.83 bits per heavy atom. The number of primary amides is 1. The summed E-state index contributed by atoms with van der Waals surface area (Å²) in [7, 11) is 0. The molecule has 3 rings (SSSR count). The van der Waals surface area contributed by atoms with Gasteiger partial charge in [-0.2, -0.15) is 0 Å². The summed E-state index contributed by atoms with van der Waals surface area (Å²) in [5.74, 6) is -0.515. The van der Waals surface area contributed by atoms with E-state index in [1.807, 2.05) is 35.2 Å². The number of anilines is 1. The Morgan fingerprint density at radius 3 is 2.46 bits per heavy atom. The fourth-order valence-electron chi connectivity index (χ4n) is 3.33. The summed E-state index contributed by atoms with van der Waals surface area (Å²) in [6.45, 7) is 4.98. The summed E-state index contributed by atoms with van der Waals surface area (Å²) >= 11 is 0. The highest BCUT2D eigenvalue weighted by Crippen LogP contribution is 2.48. The standard InChI is InChI=1S/C19H21N3O2/c1-19(2)12-22(16(19)13-7-4-3-5-8-13)18(24)21-15-10-6-9-14(11-15)17(20)23/h3-11,16H,12H2,1-2H3,(H2,20,23)(H,21,24). The van der Waals surface area contributed by atoms with Gasteiger partial charge in [-0.3, -0.25) is 4.79 Å². The average molecular weight is 323 g/mol. The highest BCUT2D eigenvalue weighted by Gasteiger charge is 2.48. The summed E-state index contributed by atoms with van der Waals surface area (Å²) in [6.07, 6.45) is 0. The lowest BCUT2D eigenvalue weighted by Gasteiger charge is -2.54. The lowest BCUT2D eigenvalue weighted by molar-refractivity contribution is -0.0115. The summed E-state index contributed by atoms with van der Waals surface area (Å²) in [5, 5.41) is 2.86. The first-order valence-electron chi connectivity index (χ1n) is 7.91. The van der Waals surface area contributed by atoms with Crippen LogP contribution in [0, 0.1) is 5.41 Å². The SMILES string of the molecule is CC1(C)CN(C(=O)Nc2cccc(C(N)=O)c2)C1c1ccccc1. The quantitative estimate of drug-likeness (QED) is 0.908. The molecular formula is C19H21N3O2. The number of hydrogen-bond donors (Lipinski definition) is 2. The lowest BCUT2D eigenvalue weighted by Crippen LogP contribution is -2.58. The molecule has 0 aliphatic carbocycles. The predicted octanol–water partition coefficient (Wildman–Crippen LogP) is 3.40. The Bertz CT molecular complexity index is 771. The fourth-order valence-corrected chi connectivity index (χ4v) is 3.33. The van der Waals surface area contributed by atoms with Crippen LogP contribution < -0.4 is 11.1 Å². The second-order valence-corrected chi connectivity index (χ2v) is 6.80. The molecule has 0 aromatic heterocycles. The average Bonchev–Trinajstić information content (AvgIpc) is 2.54. The molecule has 1 fully saturated rings. The molecule has 2 aromatic carbocycles. The van der Waals surface area contributed by atoms with Crippen molar-refractivity contribution in [2.45, 2.75) is 19.9 Å². The first-order valence-corrected chi connectivity index (χ1v) is 7.91. The van der Waals surface area contributed by atoms with E-state index in [-0.39, 0.29) is 17.5 Å². The maximum atomic E-state index is 12.6. The Morgan fingerprint density at radius 1 is 1.12 bits per heavy atom. The zero-order valence-corrected chi connectivity index (χ0v) is 13.8. The van der Waals surface area contributed by atoms with E-state index in [4.69, 9.17) is 5.73 Å². The van der Waals surface area contributed by atoms with Gasteiger partial charge >= 0.3 is 6.03 Å². The van der Waals surface area contributed by atoms with Gasteiger partial charge in [0.15, 0.2) is 0 Å². The van der Waals surface area contributed by atoms with Gasteiger partial charge < -0.3 is 16.0 Å². The van der Waals surface area contributed by atoms with Crippen molar-refractivity contribution in [1.29, 1.82) is 0 Å². The second-order valence-electron chi connectivity index (χ2n) is 6.80. The minimum atomic E-state index is -0.515. The minimum absolute atomic E-state index is 0.0216. The van der Waals surface area contributed by atoms with Gasteiger partial charge in [0, 0.05) is 23.2 Å². The molecule has 0 spiro atoms. The molecule has 0 radical (unpaired) electrons. The lowest BCUT2D eigenvalue weighted by atomic mass is 9.72. The summed E-state index contributed by atoms with van der Waals surface area (Å²) in [6, 6.07) is 16.5. The number of carbonyl (C=O) groups excluding carboxylic acids is 2. The van der Waals surface area contributed by atoms with E-state index in [1.54, 1.807) is 24.3 Å². The molecular weight excluding hydrogens is 302 g/mol. The van der Waals surface area contributed by atoms with Gasteiger partial charge in [0.05, 0.1) is 6.04 Å². The van der Waals surface area contributed by atoms with Crippen molar-refractivity contribution >= 4 is 17.6 Å². The molecule has 5 heteroatoms. The third kappa shape index (κ3) is 2.97. The third-order valence-corrected chi connectivity index (χ3v) is 4.40. The summed E-state index contributed by atoms with van der Waals surface area (Å²) in [5.41, 5.74) is 7.36. The maximum absolute atomic E-state index is 12.6. The van der Waals surface area contributed by atoms with Crippen LogP contribution in [0.25, 0.3) is 0 Å². The highest BCUT2D eigenvalue weighted by atomic mass is 16.2. The molecule has 124 valence electrons. The molecule has 0 saturated carbocycles. The molecule has 0 bridgehead atoms. The Balaban J connectivity index is 1.78. The minimum Gasteiger partial charge on any atom is -0.366 e. The number of nitrogens with zero attached hydrogens (tertiary/aromatic N) is 1. The van der Waals surface area contributed by atoms with Crippen molar-refractivity contribution in [2.75, 3.05) is 11.9 Å². The summed E-state index contributed by atoms with van der Waals surface area (Å²) in [4.78, 5) is 25.7. The topological polar surface area (TPSA) is 75.4 Å². The zero-order chi connectivity index (χ0) is 17.3. The van der Waals surface area contributed by atoms with E-state index < -0.39 is 5.91 Å². The number of hydrogen-bond acceptors (Lipinski definition) is 2. The van der Waals surface area contributed by atoms with E-state index in [0.29, 0.717) is 17.8 Å². The van der Waals surface area contributed by atoms with Crippen LogP contribution >= 0.6 is 0 Å². The van der Waals surface area contributed by atoms with Gasteiger partial charge in [-0.1, -0.05) is 50.2 Å². The molecule has 3 amide bonds. The molecule has 1 atom stereocenters. The number of benzene rings is 2. The van der Waals surface area contributed by atoms with E-state index in [2.05, 4.69) is 19.2 Å². The Labute approximate surface area is 141 Å². The molecule has 24 heavy (non-hydrogen) atoms. The second kappa shape index (κ2) is 6.00. The predicted molar refractivity (Wildman–Crippen MR) is 93.6 cm³/mol. The molecule has 1 heterocycles. The number of amides is 3. The van der Waals surface area contributed by atoms with Crippen LogP contribution in [0.3, 0.4) is 0 Å². The van der Waals surface area contributed by atoms with Crippen LogP contribution in [0.5, 0.6) is 0 Å². The number of rotatable bonds is 3. The van der Waals surface area contributed by atoms with E-state index >= 15 is 0 Å². The van der Waals surface area contributed by atoms with Gasteiger partial charge in [-0.15, -0.1) is 0 Å². The number of carbonyl (C=O) groups is 2. The molecule has 1 aliphatic heterocycles. The van der Waals surface area contributed by atoms with Crippen molar-refractivity contribution in [3.63, 3.8) is 0 Å². The normalized spacial score (nSPS) is 18.6. The van der Waals surface area contributed by atoms with Gasteiger partial charge in [-0.05, 0) is 23.8 Å². The molecule has 5 nitrogen and oxygen atoms in total. The highest BCUT2D eigenvalue weighted by molar-refractivity contribution is 5.96. The van der Waals surface area contributed by atoms with Crippen molar-refractivity contribution in [2.24, 2.45) is 11.1 Å². The van der Waals surface area contributed by atoms with E-state index in [0.717, 1.165) is 5.56 Å². The first-order chi connectivity index (χ1) is 11.4. The number of urea groups is 1. The number of nitrogens with one attached hydrogen (secondary N) is 1. The van der Waals surface area contributed by atoms with Gasteiger partial charge in [0.2, 0.25) is 5.91 Å². The third-order valence-electron chi connectivity index (χ3n) is 4.40. The van der Waals surface area contributed by atoms with Crippen LogP contribution in [0.1, 0.15) is 35.8 Å². The van der Waals surface area contributed by atoms with Gasteiger partial charge in [0.1, 0.15) is 0 Å². The smallest absolute Gasteiger partial charge is 0.322 e. The monoisotopic (exact) mass is 323 g/mol. The zero-order valence-electron chi connectivity index (χ0n) is 13.8. The van der Waals surface area contributed by atoms with Crippen molar-refractivity contribution in [3.05, 3.63) is 65.7 Å². The molecule has 1 saturated heterocycles. The van der Waals surface area contributed by atoms with Crippen molar-refractivity contribution in [1.82, 2.24) is 4.90 Å². The van der Waals surface area contributed by atoms with Crippen LogP contribution in [-0.2, 0) is 0 Å². The fraction of sp³-hybridized carbons (Fsp3) is 0.263. The van der Waals surface area contributed by atoms with Crippen molar-refractivity contribution in [3.8, 4) is 0 Å². The maximum Gasteiger partial charge on any atom is 0.322 e.